The summed E-state index contributed by atoms with van der Waals surface area (Å²) in [5.41, 5.74) is 2.43. The number of nitrogens with one attached hydrogen (secondary N) is 3. The van der Waals surface area contributed by atoms with E-state index in [1.165, 1.54) is 12.4 Å². The van der Waals surface area contributed by atoms with Crippen molar-refractivity contribution < 1.29 is 9.90 Å². The largest absolute Gasteiger partial charge is 0.394 e. The molecule has 2 aromatic heterocycles. The van der Waals surface area contributed by atoms with Gasteiger partial charge in [-0.3, -0.25) is 4.79 Å². The molecule has 0 radical (unpaired) electrons. The highest BCUT2D eigenvalue weighted by atomic mass is 16.3. The molecule has 7 heteroatoms. The van der Waals surface area contributed by atoms with Crippen LogP contribution in [0.3, 0.4) is 0 Å². The lowest BCUT2D eigenvalue weighted by atomic mass is 10.1. The average Bonchev–Trinajstić information content (AvgIpc) is 3.04. The molecule has 1 amide bonds. The lowest BCUT2D eigenvalue weighted by molar-refractivity contribution is 0.0916. The number of aliphatic hydroxyl groups excluding tert-OH is 1. The Balaban J connectivity index is 1.70. The Bertz CT molecular complexity index is 828. The molecule has 0 aliphatic carbocycles. The van der Waals surface area contributed by atoms with Gasteiger partial charge in [-0.15, -0.1) is 0 Å². The van der Waals surface area contributed by atoms with Gasteiger partial charge in [0.1, 0.15) is 0 Å². The molecule has 0 aliphatic rings. The molecule has 4 N–H and O–H groups in total. The fourth-order valence-electron chi connectivity index (χ4n) is 2.57. The molecule has 0 aliphatic heterocycles. The Morgan fingerprint density at radius 2 is 2.04 bits per heavy atom. The lowest BCUT2D eigenvalue weighted by Crippen LogP contribution is -2.39. The number of para-hydroxylation sites is 1. The summed E-state index contributed by atoms with van der Waals surface area (Å²) in [6.45, 7) is -0.152. The molecular formula is C17H19N5O2. The summed E-state index contributed by atoms with van der Waals surface area (Å²) < 4.78 is 0. The number of hydrogen-bond acceptors (Lipinski definition) is 5. The second-order valence-corrected chi connectivity index (χ2v) is 5.46. The number of hydrogen-bond donors (Lipinski definition) is 4. The van der Waals surface area contributed by atoms with Gasteiger partial charge in [0.25, 0.3) is 5.91 Å². The van der Waals surface area contributed by atoms with Crippen LogP contribution in [0.5, 0.6) is 0 Å². The number of nitrogens with zero attached hydrogens (tertiary/aromatic N) is 2. The number of carbonyl (C=O) groups excluding carboxylic acids is 1. The number of aliphatic hydroxyl groups is 1. The number of amides is 1. The minimum absolute atomic E-state index is 0.152. The Morgan fingerprint density at radius 3 is 2.75 bits per heavy atom. The quantitative estimate of drug-likeness (QED) is 0.547. The van der Waals surface area contributed by atoms with Gasteiger partial charge >= 0.3 is 0 Å². The van der Waals surface area contributed by atoms with Crippen LogP contribution in [0.1, 0.15) is 15.9 Å². The van der Waals surface area contributed by atoms with Crippen LogP contribution in [-0.4, -0.2) is 45.7 Å². The number of rotatable bonds is 6. The van der Waals surface area contributed by atoms with Crippen LogP contribution in [0.15, 0.2) is 42.9 Å². The SMILES string of the molecule is CNc1ncc(C(=O)NC(CO)Cc2c[nH]c3ccccc23)cn1. The van der Waals surface area contributed by atoms with E-state index in [0.717, 1.165) is 16.5 Å². The van der Waals surface area contributed by atoms with E-state index >= 15 is 0 Å². The first kappa shape index (κ1) is 15.9. The minimum atomic E-state index is -0.388. The first-order valence-corrected chi connectivity index (χ1v) is 7.67. The first-order chi connectivity index (χ1) is 11.7. The first-order valence-electron chi connectivity index (χ1n) is 7.67. The van der Waals surface area contributed by atoms with E-state index in [4.69, 9.17) is 0 Å². The van der Waals surface area contributed by atoms with Crippen LogP contribution in [0.4, 0.5) is 5.95 Å². The van der Waals surface area contributed by atoms with E-state index in [9.17, 15) is 9.90 Å². The number of benzene rings is 1. The Labute approximate surface area is 139 Å². The number of anilines is 1. The van der Waals surface area contributed by atoms with Crippen LogP contribution in [0, 0.1) is 0 Å². The highest BCUT2D eigenvalue weighted by Crippen LogP contribution is 2.19. The Morgan fingerprint density at radius 1 is 1.29 bits per heavy atom. The molecule has 3 rings (SSSR count). The number of fused-ring (bicyclic) bond motifs is 1. The third-order valence-electron chi connectivity index (χ3n) is 3.83. The minimum Gasteiger partial charge on any atom is -0.394 e. The summed E-state index contributed by atoms with van der Waals surface area (Å²) in [6, 6.07) is 7.55. The van der Waals surface area contributed by atoms with Crippen LogP contribution < -0.4 is 10.6 Å². The van der Waals surface area contributed by atoms with Gasteiger partial charge in [0.2, 0.25) is 5.95 Å². The van der Waals surface area contributed by atoms with Gasteiger partial charge in [-0.25, -0.2) is 9.97 Å². The highest BCUT2D eigenvalue weighted by Gasteiger charge is 2.16. The molecule has 24 heavy (non-hydrogen) atoms. The van der Waals surface area contributed by atoms with Crippen molar-refractivity contribution in [1.29, 1.82) is 0 Å². The Hall–Kier alpha value is -2.93. The van der Waals surface area contributed by atoms with E-state index in [1.54, 1.807) is 7.05 Å². The van der Waals surface area contributed by atoms with Gasteiger partial charge in [-0.05, 0) is 18.1 Å². The molecule has 124 valence electrons. The topological polar surface area (TPSA) is 103 Å². The van der Waals surface area contributed by atoms with Gasteiger partial charge < -0.3 is 20.7 Å². The molecule has 0 spiro atoms. The maximum atomic E-state index is 12.3. The van der Waals surface area contributed by atoms with E-state index in [-0.39, 0.29) is 18.6 Å². The fourth-order valence-corrected chi connectivity index (χ4v) is 2.57. The van der Waals surface area contributed by atoms with E-state index in [2.05, 4.69) is 25.6 Å². The zero-order valence-electron chi connectivity index (χ0n) is 13.3. The third-order valence-corrected chi connectivity index (χ3v) is 3.83. The molecule has 0 saturated carbocycles. The van der Waals surface area contributed by atoms with Crippen molar-refractivity contribution in [2.45, 2.75) is 12.5 Å². The van der Waals surface area contributed by atoms with E-state index in [1.807, 2.05) is 30.5 Å². The smallest absolute Gasteiger partial charge is 0.254 e. The monoisotopic (exact) mass is 325 g/mol. The maximum Gasteiger partial charge on any atom is 0.254 e. The maximum absolute atomic E-state index is 12.3. The van der Waals surface area contributed by atoms with Crippen molar-refractivity contribution in [2.75, 3.05) is 19.0 Å². The number of H-pyrrole nitrogens is 1. The summed E-state index contributed by atoms with van der Waals surface area (Å²) >= 11 is 0. The molecular weight excluding hydrogens is 306 g/mol. The summed E-state index contributed by atoms with van der Waals surface area (Å²) in [5.74, 6) is 0.139. The molecule has 7 nitrogen and oxygen atoms in total. The predicted octanol–water partition coefficient (Wildman–Crippen LogP) is 1.33. The number of aromatic nitrogens is 3. The summed E-state index contributed by atoms with van der Waals surface area (Å²) in [4.78, 5) is 23.5. The summed E-state index contributed by atoms with van der Waals surface area (Å²) in [5, 5.41) is 16.3. The van der Waals surface area contributed by atoms with Gasteiger partial charge in [-0.1, -0.05) is 18.2 Å². The van der Waals surface area contributed by atoms with Crippen LogP contribution in [-0.2, 0) is 6.42 Å². The second-order valence-electron chi connectivity index (χ2n) is 5.46. The Kier molecular flexibility index (Phi) is 4.72. The van der Waals surface area contributed by atoms with Crippen molar-refractivity contribution in [3.63, 3.8) is 0 Å². The normalized spacial score (nSPS) is 12.1. The molecule has 1 aromatic carbocycles. The van der Waals surface area contributed by atoms with Gasteiger partial charge in [0.05, 0.1) is 18.2 Å². The van der Waals surface area contributed by atoms with Gasteiger partial charge in [0.15, 0.2) is 0 Å². The third kappa shape index (κ3) is 3.36. The zero-order chi connectivity index (χ0) is 16.9. The van der Waals surface area contributed by atoms with E-state index in [0.29, 0.717) is 17.9 Å². The standard InChI is InChI=1S/C17H19N5O2/c1-18-17-20-8-12(9-21-17)16(24)22-13(10-23)6-11-7-19-15-5-3-2-4-14(11)15/h2-5,7-9,13,19,23H,6,10H2,1H3,(H,22,24)(H,18,20,21). The molecule has 1 atom stereocenters. The molecule has 1 unspecified atom stereocenters. The molecule has 0 bridgehead atoms. The average molecular weight is 325 g/mol. The summed E-state index contributed by atoms with van der Waals surface area (Å²) in [6.07, 6.45) is 5.34. The van der Waals surface area contributed by atoms with E-state index < -0.39 is 0 Å². The zero-order valence-corrected chi connectivity index (χ0v) is 13.3. The molecule has 0 fully saturated rings. The van der Waals surface area contributed by atoms with Crippen LogP contribution in [0.25, 0.3) is 10.9 Å². The van der Waals surface area contributed by atoms with Crippen molar-refractivity contribution >= 4 is 22.8 Å². The van der Waals surface area contributed by atoms with Crippen molar-refractivity contribution in [3.05, 3.63) is 54.0 Å². The highest BCUT2D eigenvalue weighted by molar-refractivity contribution is 5.94. The van der Waals surface area contributed by atoms with Crippen molar-refractivity contribution in [2.24, 2.45) is 0 Å². The van der Waals surface area contributed by atoms with Crippen molar-refractivity contribution in [1.82, 2.24) is 20.3 Å². The van der Waals surface area contributed by atoms with Crippen molar-refractivity contribution in [3.8, 4) is 0 Å². The fraction of sp³-hybridized carbons (Fsp3) is 0.235. The second kappa shape index (κ2) is 7.10. The van der Waals surface area contributed by atoms with Crippen LogP contribution >= 0.6 is 0 Å². The lowest BCUT2D eigenvalue weighted by Gasteiger charge is -2.16. The number of carbonyl (C=O) groups is 1. The predicted molar refractivity (Wildman–Crippen MR) is 91.9 cm³/mol. The summed E-state index contributed by atoms with van der Waals surface area (Å²) in [7, 11) is 1.71. The van der Waals surface area contributed by atoms with Crippen LogP contribution in [0.2, 0.25) is 0 Å². The van der Waals surface area contributed by atoms with Gasteiger partial charge in [0, 0.05) is 36.5 Å². The molecule has 0 saturated heterocycles. The molecule has 2 heterocycles. The van der Waals surface area contributed by atoms with Gasteiger partial charge in [-0.2, -0.15) is 0 Å². The number of aromatic amines is 1. The molecule has 3 aromatic rings.